The second-order valence-electron chi connectivity index (χ2n) is 5.41. The number of amides is 1. The van der Waals surface area contributed by atoms with Gasteiger partial charge in [-0.15, -0.1) is 0 Å². The van der Waals surface area contributed by atoms with Gasteiger partial charge in [-0.25, -0.2) is 0 Å². The number of aryl methyl sites for hydroxylation is 1. The van der Waals surface area contributed by atoms with Crippen LogP contribution >= 0.6 is 0 Å². The molecule has 1 aliphatic rings. The van der Waals surface area contributed by atoms with Crippen LogP contribution in [0.1, 0.15) is 43.0 Å². The van der Waals surface area contributed by atoms with Crippen LogP contribution < -0.4 is 5.32 Å². The van der Waals surface area contributed by atoms with Gasteiger partial charge in [0.2, 0.25) is 0 Å². The summed E-state index contributed by atoms with van der Waals surface area (Å²) in [5.74, 6) is -0.0326. The first-order chi connectivity index (χ1) is 9.16. The molecule has 1 fully saturated rings. The first-order valence-electron chi connectivity index (χ1n) is 7.17. The number of carbonyl (C=O) groups excluding carboxylic acids is 1. The molecule has 5 nitrogen and oxygen atoms in total. The molecule has 0 aliphatic carbocycles. The summed E-state index contributed by atoms with van der Waals surface area (Å²) >= 11 is 0. The van der Waals surface area contributed by atoms with Crippen molar-refractivity contribution < 1.29 is 4.79 Å². The van der Waals surface area contributed by atoms with Crippen LogP contribution in [0.4, 0.5) is 0 Å². The van der Waals surface area contributed by atoms with E-state index in [9.17, 15) is 4.79 Å². The van der Waals surface area contributed by atoms with E-state index in [0.29, 0.717) is 18.2 Å². The number of hydrogen-bond donors (Lipinski definition) is 1. The van der Waals surface area contributed by atoms with Crippen molar-refractivity contribution in [3.05, 3.63) is 18.0 Å². The zero-order valence-corrected chi connectivity index (χ0v) is 11.9. The Kier molecular flexibility index (Phi) is 4.96. The zero-order chi connectivity index (χ0) is 13.7. The van der Waals surface area contributed by atoms with Crippen molar-refractivity contribution >= 4 is 5.91 Å². The van der Waals surface area contributed by atoms with Crippen LogP contribution in [-0.4, -0.2) is 46.3 Å². The van der Waals surface area contributed by atoms with E-state index in [0.717, 1.165) is 13.1 Å². The molecule has 2 heterocycles. The minimum absolute atomic E-state index is 0.0326. The molecule has 2 rings (SSSR count). The lowest BCUT2D eigenvalue weighted by Crippen LogP contribution is -2.42. The van der Waals surface area contributed by atoms with Crippen LogP contribution in [0, 0.1) is 0 Å². The normalized spacial score (nSPS) is 18.8. The molecule has 1 amide bonds. The predicted octanol–water partition coefficient (Wildman–Crippen LogP) is 1.41. The van der Waals surface area contributed by atoms with Gasteiger partial charge >= 0.3 is 0 Å². The lowest BCUT2D eigenvalue weighted by atomic mass is 10.2. The highest BCUT2D eigenvalue weighted by molar-refractivity contribution is 5.93. The highest BCUT2D eigenvalue weighted by Gasteiger charge is 2.16. The highest BCUT2D eigenvalue weighted by Crippen LogP contribution is 2.12. The second-order valence-corrected chi connectivity index (χ2v) is 5.41. The van der Waals surface area contributed by atoms with Crippen LogP contribution in [0.2, 0.25) is 0 Å². The molecular weight excluding hydrogens is 240 g/mol. The summed E-state index contributed by atoms with van der Waals surface area (Å²) in [7, 11) is 1.82. The largest absolute Gasteiger partial charge is 0.350 e. The van der Waals surface area contributed by atoms with Crippen molar-refractivity contribution in [2.45, 2.75) is 38.6 Å². The first kappa shape index (κ1) is 14.1. The van der Waals surface area contributed by atoms with Gasteiger partial charge in [0, 0.05) is 25.8 Å². The van der Waals surface area contributed by atoms with Gasteiger partial charge in [0.1, 0.15) is 0 Å². The fourth-order valence-electron chi connectivity index (χ4n) is 2.55. The predicted molar refractivity (Wildman–Crippen MR) is 75.0 cm³/mol. The smallest absolute Gasteiger partial charge is 0.254 e. The number of hydrogen-bond acceptors (Lipinski definition) is 3. The van der Waals surface area contributed by atoms with E-state index in [1.54, 1.807) is 17.1 Å². The molecule has 0 radical (unpaired) electrons. The second kappa shape index (κ2) is 6.70. The maximum atomic E-state index is 11.9. The third-order valence-electron chi connectivity index (χ3n) is 3.79. The van der Waals surface area contributed by atoms with Gasteiger partial charge in [-0.05, 0) is 32.9 Å². The lowest BCUT2D eigenvalue weighted by molar-refractivity contribution is 0.0936. The van der Waals surface area contributed by atoms with Crippen LogP contribution in [0.5, 0.6) is 0 Å². The standard InChI is InChI=1S/C14H24N4O/c1-12(18-7-5-3-4-6-8-18)9-15-14(19)13-10-16-17(2)11-13/h10-12H,3-9H2,1-2H3,(H,15,19)/t12-/m0/s1. The minimum atomic E-state index is -0.0326. The van der Waals surface area contributed by atoms with Crippen molar-refractivity contribution in [1.82, 2.24) is 20.0 Å². The van der Waals surface area contributed by atoms with Crippen LogP contribution in [0.3, 0.4) is 0 Å². The van der Waals surface area contributed by atoms with Gasteiger partial charge < -0.3 is 5.32 Å². The maximum Gasteiger partial charge on any atom is 0.254 e. The molecule has 0 spiro atoms. The van der Waals surface area contributed by atoms with E-state index in [2.05, 4.69) is 22.2 Å². The Morgan fingerprint density at radius 1 is 1.37 bits per heavy atom. The number of likely N-dealkylation sites (tertiary alicyclic amines) is 1. The van der Waals surface area contributed by atoms with E-state index >= 15 is 0 Å². The Morgan fingerprint density at radius 2 is 2.05 bits per heavy atom. The molecule has 0 aromatic carbocycles. The van der Waals surface area contributed by atoms with E-state index in [1.807, 2.05) is 7.05 Å². The Bertz CT molecular complexity index is 407. The minimum Gasteiger partial charge on any atom is -0.350 e. The fourth-order valence-corrected chi connectivity index (χ4v) is 2.55. The lowest BCUT2D eigenvalue weighted by Gasteiger charge is -2.27. The highest BCUT2D eigenvalue weighted by atomic mass is 16.1. The quantitative estimate of drug-likeness (QED) is 0.894. The summed E-state index contributed by atoms with van der Waals surface area (Å²) in [4.78, 5) is 14.4. The number of rotatable bonds is 4. The third kappa shape index (κ3) is 4.06. The fraction of sp³-hybridized carbons (Fsp3) is 0.714. The van der Waals surface area contributed by atoms with E-state index in [1.165, 1.54) is 25.7 Å². The van der Waals surface area contributed by atoms with Gasteiger partial charge in [-0.2, -0.15) is 5.10 Å². The summed E-state index contributed by atoms with van der Waals surface area (Å²) < 4.78 is 1.65. The molecule has 0 bridgehead atoms. The van der Waals surface area contributed by atoms with Gasteiger partial charge in [0.25, 0.3) is 5.91 Å². The molecule has 1 aromatic heterocycles. The number of carbonyl (C=O) groups is 1. The molecule has 5 heteroatoms. The van der Waals surface area contributed by atoms with Crippen molar-refractivity contribution in [1.29, 1.82) is 0 Å². The SMILES string of the molecule is C[C@@H](CNC(=O)c1cnn(C)c1)N1CCCCCC1. The van der Waals surface area contributed by atoms with E-state index < -0.39 is 0 Å². The first-order valence-corrected chi connectivity index (χ1v) is 7.17. The Balaban J connectivity index is 1.79. The molecule has 1 aliphatic heterocycles. The zero-order valence-electron chi connectivity index (χ0n) is 11.9. The van der Waals surface area contributed by atoms with E-state index in [4.69, 9.17) is 0 Å². The van der Waals surface area contributed by atoms with Crippen molar-refractivity contribution in [2.75, 3.05) is 19.6 Å². The van der Waals surface area contributed by atoms with Crippen LogP contribution in [0.25, 0.3) is 0 Å². The van der Waals surface area contributed by atoms with Gasteiger partial charge in [0.15, 0.2) is 0 Å². The molecule has 106 valence electrons. The molecule has 0 unspecified atom stereocenters. The molecule has 1 N–H and O–H groups in total. The Hall–Kier alpha value is -1.36. The summed E-state index contributed by atoms with van der Waals surface area (Å²) in [5, 5.41) is 7.01. The summed E-state index contributed by atoms with van der Waals surface area (Å²) in [6.45, 7) is 5.20. The van der Waals surface area contributed by atoms with Gasteiger partial charge in [-0.3, -0.25) is 14.4 Å². The van der Waals surface area contributed by atoms with Crippen molar-refractivity contribution in [3.63, 3.8) is 0 Å². The topological polar surface area (TPSA) is 50.2 Å². The molecule has 1 aromatic rings. The summed E-state index contributed by atoms with van der Waals surface area (Å²) in [6.07, 6.45) is 8.58. The van der Waals surface area contributed by atoms with E-state index in [-0.39, 0.29) is 5.91 Å². The maximum absolute atomic E-state index is 11.9. The average Bonchev–Trinajstić information content (AvgIpc) is 2.68. The Labute approximate surface area is 115 Å². The third-order valence-corrected chi connectivity index (χ3v) is 3.79. The van der Waals surface area contributed by atoms with Crippen LogP contribution in [0.15, 0.2) is 12.4 Å². The van der Waals surface area contributed by atoms with Crippen molar-refractivity contribution in [2.24, 2.45) is 7.05 Å². The number of nitrogens with zero attached hydrogens (tertiary/aromatic N) is 3. The van der Waals surface area contributed by atoms with Crippen molar-refractivity contribution in [3.8, 4) is 0 Å². The molecule has 0 saturated carbocycles. The monoisotopic (exact) mass is 264 g/mol. The van der Waals surface area contributed by atoms with Crippen LogP contribution in [-0.2, 0) is 7.05 Å². The van der Waals surface area contributed by atoms with Gasteiger partial charge in [0.05, 0.1) is 11.8 Å². The number of aromatic nitrogens is 2. The molecule has 19 heavy (non-hydrogen) atoms. The summed E-state index contributed by atoms with van der Waals surface area (Å²) in [5.41, 5.74) is 0.630. The Morgan fingerprint density at radius 3 is 2.63 bits per heavy atom. The molecule has 1 saturated heterocycles. The number of nitrogens with one attached hydrogen (secondary N) is 1. The van der Waals surface area contributed by atoms with Gasteiger partial charge in [-0.1, -0.05) is 12.8 Å². The summed E-state index contributed by atoms with van der Waals surface area (Å²) in [6, 6.07) is 0.402. The molecule has 1 atom stereocenters. The molecular formula is C14H24N4O. The average molecular weight is 264 g/mol.